The fourth-order valence-electron chi connectivity index (χ4n) is 2.11. The summed E-state index contributed by atoms with van der Waals surface area (Å²) in [6, 6.07) is 15.2. The number of nitrogens with one attached hydrogen (secondary N) is 2. The van der Waals surface area contributed by atoms with E-state index in [-0.39, 0.29) is 16.9 Å². The lowest BCUT2D eigenvalue weighted by molar-refractivity contribution is 0.0761. The Kier molecular flexibility index (Phi) is 6.34. The van der Waals surface area contributed by atoms with E-state index in [4.69, 9.17) is 23.8 Å². The first-order valence-corrected chi connectivity index (χ1v) is 8.74. The van der Waals surface area contributed by atoms with Gasteiger partial charge in [-0.05, 0) is 69.4 Å². The van der Waals surface area contributed by atoms with Gasteiger partial charge in [-0.25, -0.2) is 0 Å². The molecule has 0 atom stereocenters. The number of halogens is 1. The third kappa shape index (κ3) is 5.28. The Bertz CT molecular complexity index is 802. The van der Waals surface area contributed by atoms with Gasteiger partial charge in [-0.3, -0.25) is 25.3 Å². The topological polar surface area (TPSA) is 61.4 Å². The molecular formula is C19H20ClN3O2S. The van der Waals surface area contributed by atoms with E-state index in [0.29, 0.717) is 16.1 Å². The van der Waals surface area contributed by atoms with Crippen molar-refractivity contribution in [3.8, 4) is 0 Å². The highest BCUT2D eigenvalue weighted by molar-refractivity contribution is 7.80. The Labute approximate surface area is 163 Å². The van der Waals surface area contributed by atoms with Gasteiger partial charge in [0.1, 0.15) is 0 Å². The molecule has 2 N–H and O–H groups in total. The molecule has 0 bridgehead atoms. The Morgan fingerprint density at radius 3 is 2.00 bits per heavy atom. The molecule has 0 aromatic heterocycles. The van der Waals surface area contributed by atoms with Crippen molar-refractivity contribution < 1.29 is 9.59 Å². The van der Waals surface area contributed by atoms with Gasteiger partial charge in [0.2, 0.25) is 0 Å². The van der Waals surface area contributed by atoms with E-state index < -0.39 is 5.54 Å². The average molecular weight is 390 g/mol. The second-order valence-corrected chi connectivity index (χ2v) is 7.40. The molecular weight excluding hydrogens is 370 g/mol. The maximum Gasteiger partial charge on any atom is 0.269 e. The van der Waals surface area contributed by atoms with Gasteiger partial charge in [0, 0.05) is 16.1 Å². The van der Waals surface area contributed by atoms with E-state index in [2.05, 4.69) is 10.7 Å². The molecule has 2 rings (SSSR count). The first-order chi connectivity index (χ1) is 12.2. The minimum absolute atomic E-state index is 0.0988. The number of carbonyl (C=O) groups excluding carboxylic acids is 2. The zero-order chi connectivity index (χ0) is 19.3. The number of carbonyl (C=O) groups is 2. The fourth-order valence-corrected chi connectivity index (χ4v) is 2.64. The minimum atomic E-state index is -0.547. The first-order valence-electron chi connectivity index (χ1n) is 7.95. The summed E-state index contributed by atoms with van der Waals surface area (Å²) in [6.45, 7) is 5.62. The van der Waals surface area contributed by atoms with E-state index in [1.54, 1.807) is 48.5 Å². The SMILES string of the molecule is CC(C)(C)N(NC(=O)c1ccccc1)C(=S)NC(=O)c1ccc(Cl)cc1. The van der Waals surface area contributed by atoms with Gasteiger partial charge in [-0.2, -0.15) is 0 Å². The number of hydrazine groups is 1. The van der Waals surface area contributed by atoms with Crippen molar-refractivity contribution in [2.75, 3.05) is 0 Å². The summed E-state index contributed by atoms with van der Waals surface area (Å²) >= 11 is 11.2. The Hall–Kier alpha value is -2.44. The molecule has 0 saturated heterocycles. The van der Waals surface area contributed by atoms with Crippen LogP contribution in [0, 0.1) is 0 Å². The van der Waals surface area contributed by atoms with Crippen LogP contribution in [-0.4, -0.2) is 27.5 Å². The monoisotopic (exact) mass is 389 g/mol. The Balaban J connectivity index is 2.13. The van der Waals surface area contributed by atoms with Crippen LogP contribution in [0.5, 0.6) is 0 Å². The number of amides is 2. The van der Waals surface area contributed by atoms with E-state index >= 15 is 0 Å². The lowest BCUT2D eigenvalue weighted by atomic mass is 10.1. The van der Waals surface area contributed by atoms with Crippen molar-refractivity contribution in [1.29, 1.82) is 0 Å². The predicted octanol–water partition coefficient (Wildman–Crippen LogP) is 3.80. The van der Waals surface area contributed by atoms with E-state index in [9.17, 15) is 9.59 Å². The highest BCUT2D eigenvalue weighted by Gasteiger charge is 2.27. The van der Waals surface area contributed by atoms with Crippen LogP contribution in [0.1, 0.15) is 41.5 Å². The van der Waals surface area contributed by atoms with Crippen molar-refractivity contribution in [3.63, 3.8) is 0 Å². The molecule has 0 fully saturated rings. The van der Waals surface area contributed by atoms with Crippen molar-refractivity contribution in [3.05, 3.63) is 70.7 Å². The number of thiocarbonyl (C=S) groups is 1. The maximum absolute atomic E-state index is 12.5. The summed E-state index contributed by atoms with van der Waals surface area (Å²) in [5.41, 5.74) is 3.12. The molecule has 0 unspecified atom stereocenters. The summed E-state index contributed by atoms with van der Waals surface area (Å²) in [7, 11) is 0. The summed E-state index contributed by atoms with van der Waals surface area (Å²) in [5.74, 6) is -0.696. The van der Waals surface area contributed by atoms with Crippen LogP contribution in [0.25, 0.3) is 0 Å². The maximum atomic E-state index is 12.5. The van der Waals surface area contributed by atoms with E-state index in [1.807, 2.05) is 26.8 Å². The van der Waals surface area contributed by atoms with Crippen molar-refractivity contribution in [2.45, 2.75) is 26.3 Å². The van der Waals surface area contributed by atoms with Crippen LogP contribution in [0.2, 0.25) is 5.02 Å². The molecule has 0 spiro atoms. The largest absolute Gasteiger partial charge is 0.297 e. The molecule has 136 valence electrons. The molecule has 2 aromatic carbocycles. The van der Waals surface area contributed by atoms with Crippen LogP contribution in [0.4, 0.5) is 0 Å². The summed E-state index contributed by atoms with van der Waals surface area (Å²) in [6.07, 6.45) is 0. The molecule has 0 aliphatic carbocycles. The zero-order valence-electron chi connectivity index (χ0n) is 14.7. The zero-order valence-corrected chi connectivity index (χ0v) is 16.3. The summed E-state index contributed by atoms with van der Waals surface area (Å²) in [4.78, 5) is 24.8. The van der Waals surface area contributed by atoms with Crippen LogP contribution < -0.4 is 10.7 Å². The Morgan fingerprint density at radius 1 is 0.923 bits per heavy atom. The molecule has 0 radical (unpaired) electrons. The van der Waals surface area contributed by atoms with Crippen LogP contribution in [0.3, 0.4) is 0 Å². The van der Waals surface area contributed by atoms with Gasteiger partial charge in [0.15, 0.2) is 5.11 Å². The normalized spacial score (nSPS) is 10.8. The third-order valence-electron chi connectivity index (χ3n) is 3.45. The molecule has 0 heterocycles. The summed E-state index contributed by atoms with van der Waals surface area (Å²) < 4.78 is 0. The highest BCUT2D eigenvalue weighted by atomic mass is 35.5. The van der Waals surface area contributed by atoms with Crippen molar-refractivity contribution in [1.82, 2.24) is 15.8 Å². The van der Waals surface area contributed by atoms with Crippen molar-refractivity contribution in [2.24, 2.45) is 0 Å². The van der Waals surface area contributed by atoms with Gasteiger partial charge in [0.05, 0.1) is 5.54 Å². The van der Waals surface area contributed by atoms with Crippen LogP contribution in [-0.2, 0) is 0 Å². The van der Waals surface area contributed by atoms with E-state index in [0.717, 1.165) is 0 Å². The standard InChI is InChI=1S/C19H20ClN3O2S/c1-19(2,3)23(22-17(25)13-7-5-4-6-8-13)18(26)21-16(24)14-9-11-15(20)12-10-14/h4-12H,1-3H3,(H,22,25)(H,21,24,26). The molecule has 5 nitrogen and oxygen atoms in total. The van der Waals surface area contributed by atoms with Gasteiger partial charge < -0.3 is 0 Å². The molecule has 0 saturated carbocycles. The summed E-state index contributed by atoms with van der Waals surface area (Å²) in [5, 5.41) is 4.74. The molecule has 2 amide bonds. The number of benzene rings is 2. The van der Waals surface area contributed by atoms with E-state index in [1.165, 1.54) is 5.01 Å². The first kappa shape index (κ1) is 19.9. The van der Waals surface area contributed by atoms with Gasteiger partial charge in [-0.15, -0.1) is 0 Å². The third-order valence-corrected chi connectivity index (χ3v) is 3.99. The molecule has 26 heavy (non-hydrogen) atoms. The number of rotatable bonds is 2. The molecule has 0 aliphatic heterocycles. The lowest BCUT2D eigenvalue weighted by Gasteiger charge is -2.37. The number of hydrogen-bond acceptors (Lipinski definition) is 3. The minimum Gasteiger partial charge on any atom is -0.297 e. The molecule has 2 aromatic rings. The quantitative estimate of drug-likeness (QED) is 0.605. The average Bonchev–Trinajstić information content (AvgIpc) is 2.59. The molecule has 7 heteroatoms. The van der Waals surface area contributed by atoms with Gasteiger partial charge in [-0.1, -0.05) is 29.8 Å². The van der Waals surface area contributed by atoms with Gasteiger partial charge in [0.25, 0.3) is 11.8 Å². The lowest BCUT2D eigenvalue weighted by Crippen LogP contribution is -2.59. The van der Waals surface area contributed by atoms with Gasteiger partial charge >= 0.3 is 0 Å². The number of hydrogen-bond donors (Lipinski definition) is 2. The van der Waals surface area contributed by atoms with Crippen molar-refractivity contribution >= 4 is 40.7 Å². The smallest absolute Gasteiger partial charge is 0.269 e. The number of nitrogens with zero attached hydrogens (tertiary/aromatic N) is 1. The highest BCUT2D eigenvalue weighted by Crippen LogP contribution is 2.13. The second kappa shape index (κ2) is 8.29. The molecule has 0 aliphatic rings. The predicted molar refractivity (Wildman–Crippen MR) is 107 cm³/mol. The van der Waals surface area contributed by atoms with Crippen LogP contribution in [0.15, 0.2) is 54.6 Å². The Morgan fingerprint density at radius 2 is 1.46 bits per heavy atom. The second-order valence-electron chi connectivity index (χ2n) is 6.58. The fraction of sp³-hybridized carbons (Fsp3) is 0.211. The van der Waals surface area contributed by atoms with Crippen LogP contribution >= 0.6 is 23.8 Å².